The summed E-state index contributed by atoms with van der Waals surface area (Å²) in [7, 11) is -0.308. The van der Waals surface area contributed by atoms with Crippen LogP contribution in [0.1, 0.15) is 25.7 Å². The summed E-state index contributed by atoms with van der Waals surface area (Å²) in [6.07, 6.45) is 4.10. The molecule has 0 bridgehead atoms. The van der Waals surface area contributed by atoms with E-state index in [1.54, 1.807) is 7.11 Å². The molecule has 98 valence electrons. The maximum Gasteiger partial charge on any atom is 0.335 e. The zero-order chi connectivity index (χ0) is 12.4. The summed E-state index contributed by atoms with van der Waals surface area (Å²) in [4.78, 5) is 0. The summed E-state index contributed by atoms with van der Waals surface area (Å²) in [6.45, 7) is 2.95. The molecule has 0 aromatic heterocycles. The highest BCUT2D eigenvalue weighted by Crippen LogP contribution is 2.17. The van der Waals surface area contributed by atoms with Crippen molar-refractivity contribution in [1.29, 1.82) is 0 Å². The SMILES string of the molecule is CO[Si](C)(CCCCC(N)CCN)OCN. The van der Waals surface area contributed by atoms with E-state index >= 15 is 0 Å². The van der Waals surface area contributed by atoms with Gasteiger partial charge >= 0.3 is 8.56 Å². The molecule has 0 rings (SSSR count). The van der Waals surface area contributed by atoms with Crippen LogP contribution < -0.4 is 17.2 Å². The van der Waals surface area contributed by atoms with Crippen LogP contribution in [-0.4, -0.2) is 35.0 Å². The van der Waals surface area contributed by atoms with Crippen molar-refractivity contribution < 1.29 is 8.85 Å². The molecular formula is C10H27N3O2Si. The fourth-order valence-electron chi connectivity index (χ4n) is 1.62. The molecule has 0 spiro atoms. The second-order valence-corrected chi connectivity index (χ2v) is 7.70. The molecule has 16 heavy (non-hydrogen) atoms. The molecule has 5 nitrogen and oxygen atoms in total. The van der Waals surface area contributed by atoms with Gasteiger partial charge in [-0.2, -0.15) is 0 Å². The van der Waals surface area contributed by atoms with Gasteiger partial charge < -0.3 is 26.1 Å². The van der Waals surface area contributed by atoms with Gasteiger partial charge in [-0.05, 0) is 32.0 Å². The van der Waals surface area contributed by atoms with Crippen molar-refractivity contribution in [2.45, 2.75) is 44.3 Å². The highest BCUT2D eigenvalue weighted by Gasteiger charge is 2.28. The minimum absolute atomic E-state index is 0.232. The van der Waals surface area contributed by atoms with Gasteiger partial charge in [0.25, 0.3) is 0 Å². The molecule has 0 fully saturated rings. The van der Waals surface area contributed by atoms with Crippen LogP contribution in [0.2, 0.25) is 12.6 Å². The van der Waals surface area contributed by atoms with Crippen LogP contribution >= 0.6 is 0 Å². The predicted molar refractivity (Wildman–Crippen MR) is 69.1 cm³/mol. The van der Waals surface area contributed by atoms with Crippen molar-refractivity contribution in [2.24, 2.45) is 17.2 Å². The normalized spacial score (nSPS) is 17.1. The lowest BCUT2D eigenvalue weighted by Gasteiger charge is -2.24. The lowest BCUT2D eigenvalue weighted by atomic mass is 10.1. The third-order valence-electron chi connectivity index (χ3n) is 2.81. The Labute approximate surface area is 99.9 Å². The minimum atomic E-state index is -2.00. The van der Waals surface area contributed by atoms with Gasteiger partial charge in [-0.1, -0.05) is 12.8 Å². The number of unbranched alkanes of at least 4 members (excludes halogenated alkanes) is 1. The third kappa shape index (κ3) is 7.32. The van der Waals surface area contributed by atoms with Gasteiger partial charge in [0.2, 0.25) is 0 Å². The molecule has 0 aliphatic carbocycles. The molecule has 2 unspecified atom stereocenters. The molecule has 6 heteroatoms. The van der Waals surface area contributed by atoms with Crippen LogP contribution in [0, 0.1) is 0 Å². The first-order valence-corrected chi connectivity index (χ1v) is 8.45. The Hall–Kier alpha value is 0.0169. The van der Waals surface area contributed by atoms with Gasteiger partial charge in [0.1, 0.15) is 0 Å². The summed E-state index contributed by atoms with van der Waals surface area (Å²) >= 11 is 0. The molecule has 0 aromatic rings. The first kappa shape index (κ1) is 16.0. The molecule has 0 aliphatic rings. The molecule has 0 heterocycles. The molecule has 0 saturated heterocycles. The standard InChI is InChI=1S/C10H27N3O2Si/c1-14-16(2,15-9-12)8-4-3-5-10(13)6-7-11/h10H,3-9,11-13H2,1-2H3. The van der Waals surface area contributed by atoms with Gasteiger partial charge in [0, 0.05) is 13.2 Å². The summed E-state index contributed by atoms with van der Waals surface area (Å²) in [5.41, 5.74) is 16.7. The van der Waals surface area contributed by atoms with Crippen molar-refractivity contribution in [1.82, 2.24) is 0 Å². The average Bonchev–Trinajstić information content (AvgIpc) is 2.25. The largest absolute Gasteiger partial charge is 0.398 e. The molecule has 0 radical (unpaired) electrons. The Kier molecular flexibility index (Phi) is 9.10. The Morgan fingerprint density at radius 3 is 2.38 bits per heavy atom. The maximum absolute atomic E-state index is 5.87. The van der Waals surface area contributed by atoms with Crippen LogP contribution in [0.15, 0.2) is 0 Å². The maximum atomic E-state index is 5.87. The van der Waals surface area contributed by atoms with E-state index in [0.29, 0.717) is 6.54 Å². The molecule has 0 aromatic carbocycles. The lowest BCUT2D eigenvalue weighted by molar-refractivity contribution is 0.209. The van der Waals surface area contributed by atoms with Crippen molar-refractivity contribution in [3.63, 3.8) is 0 Å². The molecule has 0 amide bonds. The Balaban J connectivity index is 3.62. The number of hydrogen-bond donors (Lipinski definition) is 3. The Morgan fingerprint density at radius 1 is 1.19 bits per heavy atom. The molecule has 0 saturated carbocycles. The van der Waals surface area contributed by atoms with Crippen molar-refractivity contribution in [2.75, 3.05) is 20.4 Å². The molecule has 2 atom stereocenters. The number of hydrogen-bond acceptors (Lipinski definition) is 5. The van der Waals surface area contributed by atoms with Gasteiger partial charge in [0.15, 0.2) is 0 Å². The van der Waals surface area contributed by atoms with E-state index in [-0.39, 0.29) is 12.8 Å². The van der Waals surface area contributed by atoms with Gasteiger partial charge in [-0.15, -0.1) is 0 Å². The quantitative estimate of drug-likeness (QED) is 0.297. The fourth-order valence-corrected chi connectivity index (χ4v) is 3.33. The van der Waals surface area contributed by atoms with E-state index in [0.717, 1.165) is 31.7 Å². The van der Waals surface area contributed by atoms with Crippen molar-refractivity contribution in [3.8, 4) is 0 Å². The van der Waals surface area contributed by atoms with E-state index in [1.807, 2.05) is 6.55 Å². The fraction of sp³-hybridized carbons (Fsp3) is 1.00. The van der Waals surface area contributed by atoms with Crippen LogP contribution in [0.5, 0.6) is 0 Å². The Morgan fingerprint density at radius 2 is 1.88 bits per heavy atom. The topological polar surface area (TPSA) is 96.5 Å². The first-order valence-electron chi connectivity index (χ1n) is 5.93. The average molecular weight is 249 g/mol. The van der Waals surface area contributed by atoms with Crippen molar-refractivity contribution >= 4 is 8.56 Å². The molecule has 0 aliphatic heterocycles. The smallest absolute Gasteiger partial charge is 0.335 e. The highest BCUT2D eigenvalue weighted by atomic mass is 28.4. The second kappa shape index (κ2) is 9.09. The monoisotopic (exact) mass is 249 g/mol. The predicted octanol–water partition coefficient (Wildman–Crippen LogP) is 0.484. The lowest BCUT2D eigenvalue weighted by Crippen LogP contribution is -2.39. The van der Waals surface area contributed by atoms with E-state index in [9.17, 15) is 0 Å². The summed E-state index contributed by atoms with van der Waals surface area (Å²) in [6, 6.07) is 1.20. The summed E-state index contributed by atoms with van der Waals surface area (Å²) in [5.74, 6) is 0. The number of rotatable bonds is 10. The summed E-state index contributed by atoms with van der Waals surface area (Å²) < 4.78 is 10.9. The van der Waals surface area contributed by atoms with Crippen LogP contribution in [0.4, 0.5) is 0 Å². The van der Waals surface area contributed by atoms with Crippen LogP contribution in [0.3, 0.4) is 0 Å². The van der Waals surface area contributed by atoms with E-state index in [4.69, 9.17) is 26.1 Å². The third-order valence-corrected chi connectivity index (χ3v) is 5.72. The highest BCUT2D eigenvalue weighted by molar-refractivity contribution is 6.65. The molecule has 6 N–H and O–H groups in total. The van der Waals surface area contributed by atoms with Crippen LogP contribution in [-0.2, 0) is 8.85 Å². The number of nitrogens with two attached hydrogens (primary N) is 3. The van der Waals surface area contributed by atoms with Gasteiger partial charge in [-0.25, -0.2) is 0 Å². The van der Waals surface area contributed by atoms with Crippen LogP contribution in [0.25, 0.3) is 0 Å². The Bertz CT molecular complexity index is 174. The zero-order valence-electron chi connectivity index (χ0n) is 10.6. The minimum Gasteiger partial charge on any atom is -0.398 e. The van der Waals surface area contributed by atoms with E-state index in [2.05, 4.69) is 0 Å². The molecular weight excluding hydrogens is 222 g/mol. The van der Waals surface area contributed by atoms with Gasteiger partial charge in [-0.3, -0.25) is 0 Å². The summed E-state index contributed by atoms with van der Waals surface area (Å²) in [5, 5.41) is 0. The first-order chi connectivity index (χ1) is 7.58. The van der Waals surface area contributed by atoms with E-state index < -0.39 is 8.56 Å². The second-order valence-electron chi connectivity index (χ2n) is 4.23. The van der Waals surface area contributed by atoms with Gasteiger partial charge in [0.05, 0.1) is 6.73 Å². The van der Waals surface area contributed by atoms with E-state index in [1.165, 1.54) is 0 Å². The van der Waals surface area contributed by atoms with Crippen molar-refractivity contribution in [3.05, 3.63) is 0 Å². The zero-order valence-corrected chi connectivity index (χ0v) is 11.6.